The largest absolute Gasteiger partial charge is 0.507 e. The van der Waals surface area contributed by atoms with Gasteiger partial charge in [0.1, 0.15) is 17.4 Å². The van der Waals surface area contributed by atoms with E-state index in [0.29, 0.717) is 11.4 Å². The second-order valence-electron chi connectivity index (χ2n) is 4.51. The van der Waals surface area contributed by atoms with Crippen molar-refractivity contribution in [1.29, 1.82) is 5.26 Å². The summed E-state index contributed by atoms with van der Waals surface area (Å²) in [5.41, 5.74) is 0.989. The highest BCUT2D eigenvalue weighted by Gasteiger charge is 2.19. The van der Waals surface area contributed by atoms with Gasteiger partial charge < -0.3 is 10.2 Å². The number of aromatic nitrogens is 3. The van der Waals surface area contributed by atoms with Gasteiger partial charge in [-0.2, -0.15) is 5.26 Å². The first kappa shape index (κ1) is 13.5. The number of hydrogen-bond donors (Lipinski definition) is 2. The number of benzene rings is 1. The van der Waals surface area contributed by atoms with Crippen LogP contribution in [0.3, 0.4) is 0 Å². The number of hydrogen-bond acceptors (Lipinski definition) is 5. The van der Waals surface area contributed by atoms with Gasteiger partial charge in [0.05, 0.1) is 11.4 Å². The van der Waals surface area contributed by atoms with Crippen molar-refractivity contribution in [3.63, 3.8) is 0 Å². The maximum absolute atomic E-state index is 11.0. The van der Waals surface area contributed by atoms with E-state index in [1.54, 1.807) is 0 Å². The van der Waals surface area contributed by atoms with Gasteiger partial charge in [-0.3, -0.25) is 0 Å². The molecule has 0 fully saturated rings. The minimum Gasteiger partial charge on any atom is -0.507 e. The van der Waals surface area contributed by atoms with Gasteiger partial charge in [0.15, 0.2) is 5.69 Å². The van der Waals surface area contributed by atoms with Crippen LogP contribution in [0.1, 0.15) is 41.5 Å². The van der Waals surface area contributed by atoms with Crippen LogP contribution in [0.4, 0.5) is 0 Å². The standard InChI is InChI=1S/C13H12N4O3/c1-7(2)12-10(6-14)15-16-17(12)8-3-4-11(18)9(5-8)13(19)20/h3-5,7,18H,1-2H3,(H,19,20). The molecular formula is C13H12N4O3. The van der Waals surface area contributed by atoms with Crippen molar-refractivity contribution in [2.75, 3.05) is 0 Å². The highest BCUT2D eigenvalue weighted by Crippen LogP contribution is 2.24. The number of aromatic hydroxyl groups is 1. The fourth-order valence-corrected chi connectivity index (χ4v) is 1.90. The lowest BCUT2D eigenvalue weighted by atomic mass is 10.1. The Balaban J connectivity index is 2.64. The third kappa shape index (κ3) is 2.19. The molecule has 0 aliphatic heterocycles. The predicted molar refractivity (Wildman–Crippen MR) is 68.8 cm³/mol. The molecule has 0 bridgehead atoms. The van der Waals surface area contributed by atoms with Crippen LogP contribution in [0.2, 0.25) is 0 Å². The van der Waals surface area contributed by atoms with Crippen molar-refractivity contribution in [2.24, 2.45) is 0 Å². The molecule has 0 atom stereocenters. The number of nitrogens with zero attached hydrogens (tertiary/aromatic N) is 4. The molecule has 0 saturated heterocycles. The Morgan fingerprint density at radius 2 is 2.15 bits per heavy atom. The Hall–Kier alpha value is -2.88. The van der Waals surface area contributed by atoms with Gasteiger partial charge in [-0.1, -0.05) is 19.1 Å². The molecule has 2 N–H and O–H groups in total. The zero-order valence-corrected chi connectivity index (χ0v) is 10.9. The number of nitriles is 1. The van der Waals surface area contributed by atoms with Gasteiger partial charge in [0, 0.05) is 0 Å². The normalized spacial score (nSPS) is 10.5. The number of aromatic carboxylic acids is 1. The van der Waals surface area contributed by atoms with Crippen LogP contribution in [0.25, 0.3) is 5.69 Å². The van der Waals surface area contributed by atoms with Crippen molar-refractivity contribution in [2.45, 2.75) is 19.8 Å². The van der Waals surface area contributed by atoms with E-state index in [1.165, 1.54) is 22.9 Å². The van der Waals surface area contributed by atoms with Crippen LogP contribution >= 0.6 is 0 Å². The molecule has 1 heterocycles. The second-order valence-corrected chi connectivity index (χ2v) is 4.51. The fraction of sp³-hybridized carbons (Fsp3) is 0.231. The molecule has 0 spiro atoms. The summed E-state index contributed by atoms with van der Waals surface area (Å²) < 4.78 is 1.41. The molecule has 102 valence electrons. The first-order chi connectivity index (χ1) is 9.45. The Bertz CT molecular complexity index is 713. The monoisotopic (exact) mass is 272 g/mol. The number of carbonyl (C=O) groups is 1. The Kier molecular flexibility index (Phi) is 3.39. The zero-order valence-electron chi connectivity index (χ0n) is 10.9. The highest BCUT2D eigenvalue weighted by atomic mass is 16.4. The summed E-state index contributed by atoms with van der Waals surface area (Å²) in [6.07, 6.45) is 0. The van der Waals surface area contributed by atoms with E-state index in [9.17, 15) is 9.90 Å². The molecule has 0 aliphatic rings. The highest BCUT2D eigenvalue weighted by molar-refractivity contribution is 5.91. The summed E-state index contributed by atoms with van der Waals surface area (Å²) in [5, 5.41) is 35.2. The van der Waals surface area contributed by atoms with E-state index >= 15 is 0 Å². The number of phenols is 1. The predicted octanol–water partition coefficient (Wildman–Crippen LogP) is 1.67. The third-order valence-electron chi connectivity index (χ3n) is 2.81. The molecule has 0 radical (unpaired) electrons. The first-order valence-electron chi connectivity index (χ1n) is 5.88. The molecule has 1 aromatic carbocycles. The lowest BCUT2D eigenvalue weighted by Crippen LogP contribution is -2.06. The average molecular weight is 272 g/mol. The summed E-state index contributed by atoms with van der Waals surface area (Å²) in [7, 11) is 0. The summed E-state index contributed by atoms with van der Waals surface area (Å²) in [5.74, 6) is -1.58. The number of rotatable bonds is 3. The molecular weight excluding hydrogens is 260 g/mol. The minimum absolute atomic E-state index is 0.0123. The molecule has 7 heteroatoms. The van der Waals surface area contributed by atoms with E-state index < -0.39 is 5.97 Å². The number of carboxylic acid groups (broad SMARTS) is 1. The Morgan fingerprint density at radius 1 is 1.45 bits per heavy atom. The molecule has 0 saturated carbocycles. The van der Waals surface area contributed by atoms with Gasteiger partial charge in [-0.05, 0) is 24.1 Å². The Morgan fingerprint density at radius 3 is 2.70 bits per heavy atom. The lowest BCUT2D eigenvalue weighted by Gasteiger charge is -2.10. The summed E-state index contributed by atoms with van der Waals surface area (Å²) in [4.78, 5) is 11.0. The maximum atomic E-state index is 11.0. The molecule has 0 amide bonds. The quantitative estimate of drug-likeness (QED) is 0.878. The van der Waals surface area contributed by atoms with Crippen LogP contribution in [-0.2, 0) is 0 Å². The molecule has 7 nitrogen and oxygen atoms in total. The molecule has 2 rings (SSSR count). The lowest BCUT2D eigenvalue weighted by molar-refractivity contribution is 0.0693. The molecule has 1 aromatic heterocycles. The van der Waals surface area contributed by atoms with Crippen LogP contribution in [0, 0.1) is 11.3 Å². The van der Waals surface area contributed by atoms with E-state index in [4.69, 9.17) is 10.4 Å². The van der Waals surface area contributed by atoms with Crippen molar-refractivity contribution in [3.8, 4) is 17.5 Å². The van der Waals surface area contributed by atoms with Crippen LogP contribution in [-0.4, -0.2) is 31.2 Å². The van der Waals surface area contributed by atoms with E-state index in [-0.39, 0.29) is 22.9 Å². The van der Waals surface area contributed by atoms with Gasteiger partial charge >= 0.3 is 5.97 Å². The van der Waals surface area contributed by atoms with Crippen molar-refractivity contribution >= 4 is 5.97 Å². The summed E-state index contributed by atoms with van der Waals surface area (Å²) >= 11 is 0. The summed E-state index contributed by atoms with van der Waals surface area (Å²) in [6.45, 7) is 3.77. The second kappa shape index (κ2) is 5.01. The molecule has 20 heavy (non-hydrogen) atoms. The minimum atomic E-state index is -1.24. The molecule has 0 aliphatic carbocycles. The van der Waals surface area contributed by atoms with Gasteiger partial charge in [-0.25, -0.2) is 9.48 Å². The third-order valence-corrected chi connectivity index (χ3v) is 2.81. The SMILES string of the molecule is CC(C)c1c(C#N)nnn1-c1ccc(O)c(C(=O)O)c1. The van der Waals surface area contributed by atoms with Gasteiger partial charge in [-0.15, -0.1) is 5.10 Å². The summed E-state index contributed by atoms with van der Waals surface area (Å²) in [6, 6.07) is 6.04. The maximum Gasteiger partial charge on any atom is 0.339 e. The molecule has 0 unspecified atom stereocenters. The van der Waals surface area contributed by atoms with E-state index in [0.717, 1.165) is 0 Å². The Labute approximate surface area is 114 Å². The van der Waals surface area contributed by atoms with Crippen molar-refractivity contribution in [3.05, 3.63) is 35.2 Å². The van der Waals surface area contributed by atoms with E-state index in [1.807, 2.05) is 19.9 Å². The fourth-order valence-electron chi connectivity index (χ4n) is 1.90. The molecule has 2 aromatic rings. The van der Waals surface area contributed by atoms with Crippen molar-refractivity contribution in [1.82, 2.24) is 15.0 Å². The number of carboxylic acids is 1. The zero-order chi connectivity index (χ0) is 14.9. The van der Waals surface area contributed by atoms with Crippen LogP contribution < -0.4 is 0 Å². The van der Waals surface area contributed by atoms with Crippen LogP contribution in [0.5, 0.6) is 5.75 Å². The average Bonchev–Trinajstić information content (AvgIpc) is 2.82. The smallest absolute Gasteiger partial charge is 0.339 e. The topological polar surface area (TPSA) is 112 Å². The first-order valence-corrected chi connectivity index (χ1v) is 5.88. The van der Waals surface area contributed by atoms with Gasteiger partial charge in [0.25, 0.3) is 0 Å². The van der Waals surface area contributed by atoms with Gasteiger partial charge in [0.2, 0.25) is 0 Å². The van der Waals surface area contributed by atoms with E-state index in [2.05, 4.69) is 10.3 Å². The van der Waals surface area contributed by atoms with Crippen LogP contribution in [0.15, 0.2) is 18.2 Å². The van der Waals surface area contributed by atoms with Crippen molar-refractivity contribution < 1.29 is 15.0 Å².